The molecular formula is C13H7Cl3N2O2S3. The molecule has 2 heterocycles. The van der Waals surface area contributed by atoms with E-state index in [4.69, 9.17) is 34.8 Å². The van der Waals surface area contributed by atoms with E-state index in [2.05, 4.69) is 9.71 Å². The van der Waals surface area contributed by atoms with Gasteiger partial charge in [0.15, 0.2) is 5.13 Å². The topological polar surface area (TPSA) is 59.1 Å². The third kappa shape index (κ3) is 3.65. The highest BCUT2D eigenvalue weighted by atomic mass is 35.5. The number of nitrogens with zero attached hydrogens (tertiary/aromatic N) is 1. The first-order chi connectivity index (χ1) is 10.9. The van der Waals surface area contributed by atoms with Crippen LogP contribution < -0.4 is 4.72 Å². The molecule has 0 bridgehead atoms. The second-order valence-electron chi connectivity index (χ2n) is 4.31. The maximum atomic E-state index is 12.3. The maximum Gasteiger partial charge on any atom is 0.273 e. The Hall–Kier alpha value is -0.830. The van der Waals surface area contributed by atoms with Gasteiger partial charge in [-0.3, -0.25) is 4.72 Å². The predicted octanol–water partition coefficient (Wildman–Crippen LogP) is 5.63. The molecular weight excluding hydrogens is 419 g/mol. The second kappa shape index (κ2) is 6.58. The zero-order valence-electron chi connectivity index (χ0n) is 11.1. The van der Waals surface area contributed by atoms with E-state index >= 15 is 0 Å². The van der Waals surface area contributed by atoms with Crippen molar-refractivity contribution >= 4 is 72.6 Å². The van der Waals surface area contributed by atoms with E-state index in [9.17, 15) is 8.42 Å². The lowest BCUT2D eigenvalue weighted by atomic mass is 10.2. The van der Waals surface area contributed by atoms with Crippen molar-refractivity contribution < 1.29 is 8.42 Å². The van der Waals surface area contributed by atoms with Crippen LogP contribution in [0.2, 0.25) is 14.4 Å². The summed E-state index contributed by atoms with van der Waals surface area (Å²) in [6, 6.07) is 8.51. The van der Waals surface area contributed by atoms with E-state index in [1.165, 1.54) is 6.07 Å². The number of hydrogen-bond acceptors (Lipinski definition) is 5. The van der Waals surface area contributed by atoms with Crippen molar-refractivity contribution in [1.82, 2.24) is 4.98 Å². The molecule has 0 unspecified atom stereocenters. The molecule has 0 fully saturated rings. The zero-order chi connectivity index (χ0) is 16.6. The molecule has 0 saturated heterocycles. The van der Waals surface area contributed by atoms with Crippen molar-refractivity contribution in [3.8, 4) is 11.3 Å². The number of anilines is 1. The lowest BCUT2D eigenvalue weighted by Gasteiger charge is -2.02. The quantitative estimate of drug-likeness (QED) is 0.589. The van der Waals surface area contributed by atoms with Gasteiger partial charge in [-0.05, 0) is 12.1 Å². The Morgan fingerprint density at radius 2 is 1.83 bits per heavy atom. The number of nitrogens with one attached hydrogen (secondary N) is 1. The molecule has 4 nitrogen and oxygen atoms in total. The Kier molecular flexibility index (Phi) is 4.87. The van der Waals surface area contributed by atoms with Gasteiger partial charge in [0.1, 0.15) is 8.55 Å². The fraction of sp³-hybridized carbons (Fsp3) is 0. The summed E-state index contributed by atoms with van der Waals surface area (Å²) in [4.78, 5) is 4.26. The molecule has 0 spiro atoms. The first-order valence-corrected chi connectivity index (χ1v) is 10.4. The first kappa shape index (κ1) is 17.0. The number of rotatable bonds is 4. The van der Waals surface area contributed by atoms with Crippen LogP contribution in [0.5, 0.6) is 0 Å². The molecule has 120 valence electrons. The van der Waals surface area contributed by atoms with Gasteiger partial charge in [0.2, 0.25) is 0 Å². The standard InChI is InChI=1S/C13H7Cl3N2O2S3/c14-8-4-2-1-3-7(8)10-6-21-13(17-10)18-23(19,20)11-5-9(15)12(16)22-11/h1-6H,(H,17,18). The molecule has 10 heteroatoms. The van der Waals surface area contributed by atoms with E-state index < -0.39 is 10.0 Å². The van der Waals surface area contributed by atoms with Crippen molar-refractivity contribution in [3.63, 3.8) is 0 Å². The predicted molar refractivity (Wildman–Crippen MR) is 97.7 cm³/mol. The van der Waals surface area contributed by atoms with E-state index in [-0.39, 0.29) is 18.7 Å². The van der Waals surface area contributed by atoms with Gasteiger partial charge in [-0.25, -0.2) is 13.4 Å². The summed E-state index contributed by atoms with van der Waals surface area (Å²) < 4.78 is 27.3. The second-order valence-corrected chi connectivity index (χ2v) is 9.55. The van der Waals surface area contributed by atoms with Crippen molar-refractivity contribution in [1.29, 1.82) is 0 Å². The average molecular weight is 426 g/mol. The number of halogens is 3. The van der Waals surface area contributed by atoms with Gasteiger partial charge < -0.3 is 0 Å². The molecule has 3 aromatic rings. The fourth-order valence-corrected chi connectivity index (χ4v) is 5.81. The molecule has 0 radical (unpaired) electrons. The molecule has 2 aromatic heterocycles. The minimum absolute atomic E-state index is 0.0296. The Balaban J connectivity index is 1.88. The summed E-state index contributed by atoms with van der Waals surface area (Å²) in [5.41, 5.74) is 1.33. The number of sulfonamides is 1. The van der Waals surface area contributed by atoms with E-state index in [0.29, 0.717) is 10.7 Å². The number of thiophene rings is 1. The van der Waals surface area contributed by atoms with Crippen molar-refractivity contribution in [2.45, 2.75) is 4.21 Å². The highest BCUT2D eigenvalue weighted by Gasteiger charge is 2.21. The smallest absolute Gasteiger partial charge is 0.254 e. The van der Waals surface area contributed by atoms with Crippen LogP contribution in [0.15, 0.2) is 39.9 Å². The third-order valence-electron chi connectivity index (χ3n) is 2.76. The summed E-state index contributed by atoms with van der Waals surface area (Å²) in [6.45, 7) is 0. The minimum atomic E-state index is -3.78. The Bertz CT molecular complexity index is 947. The normalized spacial score (nSPS) is 11.6. The van der Waals surface area contributed by atoms with Crippen LogP contribution in [-0.4, -0.2) is 13.4 Å². The molecule has 23 heavy (non-hydrogen) atoms. The lowest BCUT2D eigenvalue weighted by Crippen LogP contribution is -2.11. The lowest BCUT2D eigenvalue weighted by molar-refractivity contribution is 0.603. The summed E-state index contributed by atoms with van der Waals surface area (Å²) in [7, 11) is -3.78. The highest BCUT2D eigenvalue weighted by molar-refractivity contribution is 7.95. The van der Waals surface area contributed by atoms with Gasteiger partial charge in [0.25, 0.3) is 10.0 Å². The molecule has 1 aromatic carbocycles. The van der Waals surface area contributed by atoms with Crippen LogP contribution in [0.1, 0.15) is 0 Å². The largest absolute Gasteiger partial charge is 0.273 e. The van der Waals surface area contributed by atoms with Gasteiger partial charge in [-0.2, -0.15) is 0 Å². The van der Waals surface area contributed by atoms with Crippen molar-refractivity contribution in [3.05, 3.63) is 50.1 Å². The molecule has 0 aliphatic heterocycles. The van der Waals surface area contributed by atoms with Gasteiger partial charge in [0.05, 0.1) is 10.7 Å². The molecule has 0 aliphatic carbocycles. The summed E-state index contributed by atoms with van der Waals surface area (Å²) in [5, 5.41) is 2.71. The van der Waals surface area contributed by atoms with Crippen LogP contribution in [0, 0.1) is 0 Å². The SMILES string of the molecule is O=S(=O)(Nc1nc(-c2ccccc2Cl)cs1)c1cc(Cl)c(Cl)s1. The van der Waals surface area contributed by atoms with E-state index in [1.54, 1.807) is 11.4 Å². The zero-order valence-corrected chi connectivity index (χ0v) is 15.8. The molecule has 3 rings (SSSR count). The minimum Gasteiger partial charge on any atom is -0.254 e. The Morgan fingerprint density at radius 3 is 2.48 bits per heavy atom. The molecule has 0 saturated carbocycles. The van der Waals surface area contributed by atoms with Gasteiger partial charge in [-0.1, -0.05) is 53.0 Å². The highest BCUT2D eigenvalue weighted by Crippen LogP contribution is 2.36. The molecule has 0 amide bonds. The van der Waals surface area contributed by atoms with Crippen LogP contribution in [0.3, 0.4) is 0 Å². The summed E-state index contributed by atoms with van der Waals surface area (Å²) in [6.07, 6.45) is 0. The van der Waals surface area contributed by atoms with Gasteiger partial charge in [0, 0.05) is 16.0 Å². The van der Waals surface area contributed by atoms with Crippen molar-refractivity contribution in [2.24, 2.45) is 0 Å². The Labute approximate surface area is 155 Å². The van der Waals surface area contributed by atoms with Gasteiger partial charge >= 0.3 is 0 Å². The van der Waals surface area contributed by atoms with Crippen LogP contribution >= 0.6 is 57.5 Å². The van der Waals surface area contributed by atoms with Gasteiger partial charge in [-0.15, -0.1) is 22.7 Å². The number of hydrogen-bond donors (Lipinski definition) is 1. The molecule has 0 atom stereocenters. The number of thiazole rings is 1. The molecule has 1 N–H and O–H groups in total. The number of benzene rings is 1. The van der Waals surface area contributed by atoms with Crippen LogP contribution in [0.25, 0.3) is 11.3 Å². The number of aromatic nitrogens is 1. The van der Waals surface area contributed by atoms with Crippen LogP contribution in [0.4, 0.5) is 5.13 Å². The maximum absolute atomic E-state index is 12.3. The van der Waals surface area contributed by atoms with E-state index in [0.717, 1.165) is 28.2 Å². The summed E-state index contributed by atoms with van der Waals surface area (Å²) >= 11 is 19.8. The average Bonchev–Trinajstić information content (AvgIpc) is 3.07. The summed E-state index contributed by atoms with van der Waals surface area (Å²) in [5.74, 6) is 0. The van der Waals surface area contributed by atoms with Crippen LogP contribution in [-0.2, 0) is 10.0 Å². The van der Waals surface area contributed by atoms with Crippen molar-refractivity contribution in [2.75, 3.05) is 4.72 Å². The fourth-order valence-electron chi connectivity index (χ4n) is 1.74. The first-order valence-electron chi connectivity index (χ1n) is 6.05. The third-order valence-corrected chi connectivity index (χ3v) is 7.66. The monoisotopic (exact) mass is 424 g/mol. The molecule has 0 aliphatic rings. The Morgan fingerprint density at radius 1 is 1.09 bits per heavy atom. The van der Waals surface area contributed by atoms with E-state index in [1.807, 2.05) is 18.2 Å².